The molecule has 0 saturated carbocycles. The van der Waals surface area contributed by atoms with Crippen LogP contribution in [0.5, 0.6) is 0 Å². The molecule has 1 aliphatic carbocycles. The van der Waals surface area contributed by atoms with E-state index >= 15 is 0 Å². The fourth-order valence-corrected chi connectivity index (χ4v) is 9.13. The summed E-state index contributed by atoms with van der Waals surface area (Å²) in [6.45, 7) is 4.63. The molecule has 0 aliphatic heterocycles. The standard InChI is InChI=1S/C48H33N3S/c1-48(2)41-21-10-8-16-35(41)36-28-27-33(29-42(36)48)45-49-46(51-47(50-45)40-20-12-19-38-37-17-9-11-22-43(37)52-44(38)40)39-18-7-6-15-34(39)32-25-23-31(24-26-32)30-13-4-3-5-14-30/h3-29H,1-2H3. The Labute approximate surface area is 307 Å². The lowest BCUT2D eigenvalue weighted by Crippen LogP contribution is -2.15. The summed E-state index contributed by atoms with van der Waals surface area (Å²) in [6.07, 6.45) is 0. The molecule has 52 heavy (non-hydrogen) atoms. The van der Waals surface area contributed by atoms with E-state index < -0.39 is 0 Å². The third-order valence-corrected chi connectivity index (χ3v) is 11.8. The van der Waals surface area contributed by atoms with Gasteiger partial charge in [-0.05, 0) is 62.7 Å². The predicted molar refractivity (Wildman–Crippen MR) is 217 cm³/mol. The monoisotopic (exact) mass is 683 g/mol. The molecule has 0 N–H and O–H groups in total. The van der Waals surface area contributed by atoms with Gasteiger partial charge in [0.1, 0.15) is 0 Å². The number of hydrogen-bond acceptors (Lipinski definition) is 4. The molecule has 0 unspecified atom stereocenters. The van der Waals surface area contributed by atoms with Crippen LogP contribution in [0.25, 0.3) is 87.7 Å². The molecular weight excluding hydrogens is 651 g/mol. The van der Waals surface area contributed by atoms with Crippen LogP contribution in [-0.2, 0) is 5.41 Å². The zero-order chi connectivity index (χ0) is 34.8. The summed E-state index contributed by atoms with van der Waals surface area (Å²) >= 11 is 1.79. The van der Waals surface area contributed by atoms with E-state index in [4.69, 9.17) is 15.0 Å². The highest BCUT2D eigenvalue weighted by Gasteiger charge is 2.35. The quantitative estimate of drug-likeness (QED) is 0.181. The van der Waals surface area contributed by atoms with Gasteiger partial charge in [-0.15, -0.1) is 11.3 Å². The van der Waals surface area contributed by atoms with E-state index in [9.17, 15) is 0 Å². The van der Waals surface area contributed by atoms with E-state index in [2.05, 4.69) is 178 Å². The Morgan fingerprint density at radius 2 is 0.942 bits per heavy atom. The van der Waals surface area contributed by atoms with Crippen LogP contribution in [0.4, 0.5) is 0 Å². The Hall–Kier alpha value is -6.23. The normalized spacial score (nSPS) is 13.0. The van der Waals surface area contributed by atoms with Crippen LogP contribution in [0.3, 0.4) is 0 Å². The van der Waals surface area contributed by atoms with Crippen molar-refractivity contribution in [2.75, 3.05) is 0 Å². The largest absolute Gasteiger partial charge is 0.208 e. The number of benzene rings is 7. The Morgan fingerprint density at radius 3 is 1.77 bits per heavy atom. The third-order valence-electron chi connectivity index (χ3n) is 10.6. The average Bonchev–Trinajstić information content (AvgIpc) is 3.70. The number of fused-ring (bicyclic) bond motifs is 6. The van der Waals surface area contributed by atoms with E-state index in [1.165, 1.54) is 53.6 Å². The maximum absolute atomic E-state index is 5.29. The minimum Gasteiger partial charge on any atom is -0.208 e. The van der Waals surface area contributed by atoms with E-state index in [1.807, 2.05) is 0 Å². The van der Waals surface area contributed by atoms with Gasteiger partial charge in [0.25, 0.3) is 0 Å². The first kappa shape index (κ1) is 30.6. The highest BCUT2D eigenvalue weighted by molar-refractivity contribution is 7.26. The van der Waals surface area contributed by atoms with Crippen molar-refractivity contribution in [3.8, 4) is 67.5 Å². The van der Waals surface area contributed by atoms with Gasteiger partial charge >= 0.3 is 0 Å². The van der Waals surface area contributed by atoms with Gasteiger partial charge in [0.15, 0.2) is 17.5 Å². The molecular formula is C48H33N3S. The molecule has 4 heteroatoms. The Bertz CT molecular complexity index is 2810. The molecule has 0 fully saturated rings. The van der Waals surface area contributed by atoms with Crippen LogP contribution in [0, 0.1) is 0 Å². The van der Waals surface area contributed by atoms with Crippen LogP contribution in [0.2, 0.25) is 0 Å². The molecule has 0 spiro atoms. The molecule has 0 saturated heterocycles. The van der Waals surface area contributed by atoms with Crippen molar-refractivity contribution >= 4 is 31.5 Å². The maximum Gasteiger partial charge on any atom is 0.165 e. The maximum atomic E-state index is 5.29. The number of thiophene rings is 1. The van der Waals surface area contributed by atoms with E-state index in [1.54, 1.807) is 11.3 Å². The van der Waals surface area contributed by atoms with Crippen molar-refractivity contribution in [1.82, 2.24) is 15.0 Å². The predicted octanol–water partition coefficient (Wildman–Crippen LogP) is 12.9. The molecule has 1 aliphatic rings. The summed E-state index contributed by atoms with van der Waals surface area (Å²) in [5.41, 5.74) is 12.6. The van der Waals surface area contributed by atoms with E-state index in [0.717, 1.165) is 27.8 Å². The van der Waals surface area contributed by atoms with Gasteiger partial charge in [-0.25, -0.2) is 15.0 Å². The van der Waals surface area contributed by atoms with Crippen molar-refractivity contribution < 1.29 is 0 Å². The van der Waals surface area contributed by atoms with Crippen molar-refractivity contribution in [3.05, 3.63) is 175 Å². The Balaban J connectivity index is 1.17. The average molecular weight is 684 g/mol. The molecule has 7 aromatic carbocycles. The molecule has 10 rings (SSSR count). The van der Waals surface area contributed by atoms with Crippen molar-refractivity contribution in [3.63, 3.8) is 0 Å². The number of aromatic nitrogens is 3. The molecule has 9 aromatic rings. The van der Waals surface area contributed by atoms with Gasteiger partial charge in [0.2, 0.25) is 0 Å². The summed E-state index contributed by atoms with van der Waals surface area (Å²) in [4.78, 5) is 15.8. The lowest BCUT2D eigenvalue weighted by molar-refractivity contribution is 0.660. The van der Waals surface area contributed by atoms with Gasteiger partial charge in [-0.1, -0.05) is 159 Å². The van der Waals surface area contributed by atoms with Gasteiger partial charge in [-0.2, -0.15) is 0 Å². The molecule has 0 bridgehead atoms. The second kappa shape index (κ2) is 11.9. The second-order valence-corrected chi connectivity index (χ2v) is 15.1. The van der Waals surface area contributed by atoms with Gasteiger partial charge < -0.3 is 0 Å². The highest BCUT2D eigenvalue weighted by Crippen LogP contribution is 2.49. The van der Waals surface area contributed by atoms with Crippen LogP contribution >= 0.6 is 11.3 Å². The van der Waals surface area contributed by atoms with E-state index in [-0.39, 0.29) is 5.41 Å². The van der Waals surface area contributed by atoms with Crippen molar-refractivity contribution in [2.45, 2.75) is 19.3 Å². The zero-order valence-corrected chi connectivity index (χ0v) is 29.7. The second-order valence-electron chi connectivity index (χ2n) is 14.0. The highest BCUT2D eigenvalue weighted by atomic mass is 32.1. The van der Waals surface area contributed by atoms with Crippen LogP contribution in [0.1, 0.15) is 25.0 Å². The molecule has 2 heterocycles. The van der Waals surface area contributed by atoms with Crippen LogP contribution in [-0.4, -0.2) is 15.0 Å². The summed E-state index contributed by atoms with van der Waals surface area (Å²) in [6, 6.07) is 58.3. The summed E-state index contributed by atoms with van der Waals surface area (Å²) in [7, 11) is 0. The first-order valence-electron chi connectivity index (χ1n) is 17.7. The molecule has 3 nitrogen and oxygen atoms in total. The molecule has 2 aromatic heterocycles. The van der Waals surface area contributed by atoms with Crippen LogP contribution < -0.4 is 0 Å². The van der Waals surface area contributed by atoms with E-state index in [0.29, 0.717) is 17.5 Å². The van der Waals surface area contributed by atoms with Crippen LogP contribution in [0.15, 0.2) is 164 Å². The summed E-state index contributed by atoms with van der Waals surface area (Å²) < 4.78 is 2.44. The first-order valence-corrected chi connectivity index (χ1v) is 18.5. The third kappa shape index (κ3) is 4.90. The minimum atomic E-state index is -0.137. The lowest BCUT2D eigenvalue weighted by Gasteiger charge is -2.21. The summed E-state index contributed by atoms with van der Waals surface area (Å²) in [5.74, 6) is 2.00. The zero-order valence-electron chi connectivity index (χ0n) is 28.8. The van der Waals surface area contributed by atoms with Gasteiger partial charge in [0.05, 0.1) is 0 Å². The Morgan fingerprint density at radius 1 is 0.385 bits per heavy atom. The van der Waals surface area contributed by atoms with Gasteiger partial charge in [-0.3, -0.25) is 0 Å². The fraction of sp³-hybridized carbons (Fsp3) is 0.0625. The minimum absolute atomic E-state index is 0.137. The SMILES string of the molecule is CC1(C)c2ccccc2-c2ccc(-c3nc(-c4ccccc4-c4ccc(-c5ccccc5)cc4)nc(-c4cccc5c4sc4ccccc45)n3)cc21. The molecule has 0 radical (unpaired) electrons. The van der Waals surface area contributed by atoms with Gasteiger partial charge in [0, 0.05) is 42.3 Å². The fourth-order valence-electron chi connectivity index (χ4n) is 7.92. The summed E-state index contributed by atoms with van der Waals surface area (Å²) in [5, 5.41) is 2.47. The number of nitrogens with zero attached hydrogens (tertiary/aromatic N) is 3. The van der Waals surface area contributed by atoms with Crippen molar-refractivity contribution in [2.24, 2.45) is 0 Å². The Kier molecular flexibility index (Phi) is 7.02. The molecule has 246 valence electrons. The number of hydrogen-bond donors (Lipinski definition) is 0. The first-order chi connectivity index (χ1) is 25.5. The smallest absolute Gasteiger partial charge is 0.165 e. The molecule has 0 atom stereocenters. The van der Waals surface area contributed by atoms with Crippen molar-refractivity contribution in [1.29, 1.82) is 0 Å². The number of rotatable bonds is 5. The molecule has 0 amide bonds. The lowest BCUT2D eigenvalue weighted by atomic mass is 9.82. The topological polar surface area (TPSA) is 38.7 Å².